The summed E-state index contributed by atoms with van der Waals surface area (Å²) in [7, 11) is 0. The Labute approximate surface area is 229 Å². The smallest absolute Gasteiger partial charge is 0.411 e. The fraction of sp³-hybridized carbons (Fsp3) is 0.129. The van der Waals surface area contributed by atoms with Crippen LogP contribution < -0.4 is 10.6 Å². The van der Waals surface area contributed by atoms with Gasteiger partial charge in [0.15, 0.2) is 12.1 Å². The summed E-state index contributed by atoms with van der Waals surface area (Å²) in [5, 5.41) is 5.56. The van der Waals surface area contributed by atoms with E-state index in [0.717, 1.165) is 5.56 Å². The zero-order valence-electron chi connectivity index (χ0n) is 21.2. The summed E-state index contributed by atoms with van der Waals surface area (Å²) >= 11 is 0. The van der Waals surface area contributed by atoms with E-state index in [1.807, 2.05) is 30.3 Å². The number of carbonyl (C=O) groups is 3. The van der Waals surface area contributed by atoms with Crippen molar-refractivity contribution in [3.63, 3.8) is 0 Å². The van der Waals surface area contributed by atoms with E-state index in [0.29, 0.717) is 22.5 Å². The van der Waals surface area contributed by atoms with Gasteiger partial charge < -0.3 is 15.4 Å². The molecular formula is C31H25F2N3O4. The van der Waals surface area contributed by atoms with Crippen molar-refractivity contribution < 1.29 is 27.9 Å². The number of rotatable bonds is 8. The van der Waals surface area contributed by atoms with Crippen molar-refractivity contribution in [3.8, 4) is 0 Å². The highest BCUT2D eigenvalue weighted by Crippen LogP contribution is 2.35. The Kier molecular flexibility index (Phi) is 7.82. The maximum Gasteiger partial charge on any atom is 0.411 e. The molecule has 0 aliphatic carbocycles. The van der Waals surface area contributed by atoms with Gasteiger partial charge in [-0.3, -0.25) is 14.5 Å². The van der Waals surface area contributed by atoms with E-state index in [2.05, 4.69) is 10.6 Å². The van der Waals surface area contributed by atoms with Crippen LogP contribution in [0.25, 0.3) is 0 Å². The van der Waals surface area contributed by atoms with E-state index in [9.17, 15) is 23.2 Å². The average Bonchev–Trinajstić information content (AvgIpc) is 3.27. The van der Waals surface area contributed by atoms with Crippen LogP contribution in [0.3, 0.4) is 0 Å². The molecule has 202 valence electrons. The molecule has 40 heavy (non-hydrogen) atoms. The van der Waals surface area contributed by atoms with Crippen LogP contribution in [-0.4, -0.2) is 28.8 Å². The summed E-state index contributed by atoms with van der Waals surface area (Å²) in [6.07, 6.45) is -1.47. The molecule has 1 saturated heterocycles. The predicted octanol–water partition coefficient (Wildman–Crippen LogP) is 5.85. The highest BCUT2D eigenvalue weighted by atomic mass is 19.1. The predicted molar refractivity (Wildman–Crippen MR) is 145 cm³/mol. The molecule has 0 spiro atoms. The molecule has 7 nitrogen and oxygen atoms in total. The van der Waals surface area contributed by atoms with Crippen LogP contribution in [-0.2, 0) is 27.3 Å². The molecule has 3 amide bonds. The van der Waals surface area contributed by atoms with Crippen LogP contribution >= 0.6 is 0 Å². The number of hydrogen-bond donors (Lipinski definition) is 2. The lowest BCUT2D eigenvalue weighted by Crippen LogP contribution is -2.43. The molecule has 0 aromatic heterocycles. The van der Waals surface area contributed by atoms with Gasteiger partial charge in [-0.25, -0.2) is 13.6 Å². The van der Waals surface area contributed by atoms with Gasteiger partial charge in [-0.05, 0) is 65.2 Å². The number of ether oxygens (including phenoxy) is 1. The summed E-state index contributed by atoms with van der Waals surface area (Å²) in [6, 6.07) is 25.8. The molecule has 1 aliphatic rings. The second-order valence-corrected chi connectivity index (χ2v) is 9.33. The van der Waals surface area contributed by atoms with Crippen molar-refractivity contribution >= 4 is 29.3 Å². The molecule has 1 fully saturated rings. The lowest BCUT2D eigenvalue weighted by molar-refractivity contribution is -0.121. The fourth-order valence-corrected chi connectivity index (χ4v) is 4.49. The Bertz CT molecular complexity index is 1490. The maximum absolute atomic E-state index is 13.5. The Hall–Kier alpha value is -5.05. The van der Waals surface area contributed by atoms with Gasteiger partial charge in [-0.15, -0.1) is 0 Å². The van der Waals surface area contributed by atoms with Crippen molar-refractivity contribution in [1.29, 1.82) is 0 Å². The maximum atomic E-state index is 13.5. The third-order valence-electron chi connectivity index (χ3n) is 6.46. The molecule has 2 atom stereocenters. The zero-order chi connectivity index (χ0) is 28.1. The van der Waals surface area contributed by atoms with Crippen molar-refractivity contribution in [2.24, 2.45) is 0 Å². The second kappa shape index (κ2) is 11.8. The van der Waals surface area contributed by atoms with Crippen molar-refractivity contribution in [1.82, 2.24) is 4.90 Å². The number of cyclic esters (lactones) is 1. The van der Waals surface area contributed by atoms with E-state index in [4.69, 9.17) is 4.74 Å². The first-order valence-electron chi connectivity index (χ1n) is 12.6. The average molecular weight is 542 g/mol. The number of nitrogens with zero attached hydrogens (tertiary/aromatic N) is 1. The van der Waals surface area contributed by atoms with E-state index in [1.165, 1.54) is 53.4 Å². The van der Waals surface area contributed by atoms with Gasteiger partial charge in [0.25, 0.3) is 5.91 Å². The largest absolute Gasteiger partial charge is 0.438 e. The molecule has 4 aromatic carbocycles. The van der Waals surface area contributed by atoms with Gasteiger partial charge in [0, 0.05) is 11.4 Å². The minimum Gasteiger partial charge on any atom is -0.438 e. The molecule has 2 N–H and O–H groups in total. The van der Waals surface area contributed by atoms with Crippen molar-refractivity contribution in [2.45, 2.75) is 25.1 Å². The molecule has 1 heterocycles. The Morgan fingerprint density at radius 3 is 1.95 bits per heavy atom. The van der Waals surface area contributed by atoms with Crippen LogP contribution in [0.5, 0.6) is 0 Å². The van der Waals surface area contributed by atoms with Crippen LogP contribution in [0.1, 0.15) is 22.8 Å². The zero-order valence-corrected chi connectivity index (χ0v) is 21.2. The standard InChI is InChI=1S/C31H25F2N3O4/c32-23-10-6-21(7-11-23)19-36-28(30(38)35-26-16-12-24(33)13-17-26)29(40-31(36)39)22-8-14-25(15-9-22)34-27(37)18-20-4-2-1-3-5-20/h1-17,28-29H,18-19H2,(H,34,37)(H,35,38)/t28-,29+/m1/s1. The molecule has 0 bridgehead atoms. The van der Waals surface area contributed by atoms with E-state index in [1.54, 1.807) is 24.3 Å². The summed E-state index contributed by atoms with van der Waals surface area (Å²) in [5.41, 5.74) is 2.92. The van der Waals surface area contributed by atoms with Gasteiger partial charge in [-0.1, -0.05) is 54.6 Å². The van der Waals surface area contributed by atoms with Crippen molar-refractivity contribution in [2.75, 3.05) is 10.6 Å². The summed E-state index contributed by atoms with van der Waals surface area (Å²) in [5.74, 6) is -1.60. The number of anilines is 2. The summed E-state index contributed by atoms with van der Waals surface area (Å²) < 4.78 is 32.5. The Morgan fingerprint density at radius 1 is 0.725 bits per heavy atom. The second-order valence-electron chi connectivity index (χ2n) is 9.33. The molecule has 0 unspecified atom stereocenters. The molecule has 0 radical (unpaired) electrons. The summed E-state index contributed by atoms with van der Waals surface area (Å²) in [6.45, 7) is 0.00471. The first-order valence-corrected chi connectivity index (χ1v) is 12.6. The van der Waals surface area contributed by atoms with Gasteiger partial charge >= 0.3 is 6.09 Å². The number of halogens is 2. The minimum atomic E-state index is -1.08. The van der Waals surface area contributed by atoms with Crippen LogP contribution in [0, 0.1) is 11.6 Å². The van der Waals surface area contributed by atoms with Crippen molar-refractivity contribution in [3.05, 3.63) is 131 Å². The topological polar surface area (TPSA) is 87.7 Å². The highest BCUT2D eigenvalue weighted by molar-refractivity contribution is 5.98. The van der Waals surface area contributed by atoms with Gasteiger partial charge in [0.1, 0.15) is 11.6 Å². The highest BCUT2D eigenvalue weighted by Gasteiger charge is 2.47. The normalized spacial score (nSPS) is 16.4. The fourth-order valence-electron chi connectivity index (χ4n) is 4.49. The number of hydrogen-bond acceptors (Lipinski definition) is 4. The lowest BCUT2D eigenvalue weighted by Gasteiger charge is -2.24. The molecule has 0 saturated carbocycles. The monoisotopic (exact) mass is 541 g/mol. The lowest BCUT2D eigenvalue weighted by atomic mass is 10.00. The Morgan fingerprint density at radius 2 is 1.30 bits per heavy atom. The molecule has 1 aliphatic heterocycles. The van der Waals surface area contributed by atoms with E-state index >= 15 is 0 Å². The molecule has 9 heteroatoms. The molecule has 4 aromatic rings. The van der Waals surface area contributed by atoms with E-state index in [-0.39, 0.29) is 18.9 Å². The number of carbonyl (C=O) groups excluding carboxylic acids is 3. The quantitative estimate of drug-likeness (QED) is 0.293. The van der Waals surface area contributed by atoms with Crippen LogP contribution in [0.2, 0.25) is 0 Å². The third kappa shape index (κ3) is 6.32. The van der Waals surface area contributed by atoms with Crippen LogP contribution in [0.4, 0.5) is 25.0 Å². The van der Waals surface area contributed by atoms with Gasteiger partial charge in [0.2, 0.25) is 5.91 Å². The third-order valence-corrected chi connectivity index (χ3v) is 6.46. The first-order chi connectivity index (χ1) is 19.4. The molecule has 5 rings (SSSR count). The Balaban J connectivity index is 1.36. The molecular weight excluding hydrogens is 516 g/mol. The van der Waals surface area contributed by atoms with Gasteiger partial charge in [0.05, 0.1) is 13.0 Å². The SMILES string of the molecule is O=C(Cc1ccccc1)Nc1ccc([C@@H]2OC(=O)N(Cc3ccc(F)cc3)[C@H]2C(=O)Nc2ccc(F)cc2)cc1. The summed E-state index contributed by atoms with van der Waals surface area (Å²) in [4.78, 5) is 40.2. The number of benzene rings is 4. The first kappa shape index (κ1) is 26.6. The number of nitrogens with one attached hydrogen (secondary N) is 2. The van der Waals surface area contributed by atoms with Crippen LogP contribution in [0.15, 0.2) is 103 Å². The van der Waals surface area contributed by atoms with E-state index < -0.39 is 35.8 Å². The minimum absolute atomic E-state index is 0.00471. The van der Waals surface area contributed by atoms with Gasteiger partial charge in [-0.2, -0.15) is 0 Å². The number of amides is 3.